The lowest BCUT2D eigenvalue weighted by molar-refractivity contribution is -0.142. The third-order valence-electron chi connectivity index (χ3n) is 13.3. The molecule has 3 aromatic rings. The monoisotopic (exact) mass is 837 g/mol. The topological polar surface area (TPSA) is 156 Å². The number of nitrogens with one attached hydrogen (secondary N) is 3. The van der Waals surface area contributed by atoms with Gasteiger partial charge in [0.25, 0.3) is 5.91 Å². The van der Waals surface area contributed by atoms with Crippen molar-refractivity contribution in [2.75, 3.05) is 20.2 Å². The fourth-order valence-electron chi connectivity index (χ4n) is 9.51. The lowest BCUT2D eigenvalue weighted by Gasteiger charge is -2.35. The lowest BCUT2D eigenvalue weighted by Crippen LogP contribution is -2.59. The fraction of sp³-hybridized carbons (Fsp3) is 0.532. The van der Waals surface area contributed by atoms with Crippen LogP contribution in [-0.4, -0.2) is 85.2 Å². The molecule has 0 radical (unpaired) electrons. The largest absolute Gasteiger partial charge is 0.496 e. The van der Waals surface area contributed by atoms with Crippen LogP contribution in [0, 0.1) is 17.3 Å². The maximum atomic E-state index is 15.1. The summed E-state index contributed by atoms with van der Waals surface area (Å²) in [6.07, 6.45) is 14.3. The van der Waals surface area contributed by atoms with Crippen LogP contribution in [0.1, 0.15) is 96.5 Å². The van der Waals surface area contributed by atoms with Crippen LogP contribution in [0.5, 0.6) is 11.5 Å². The summed E-state index contributed by atoms with van der Waals surface area (Å²) in [5.74, 6) is -0.544. The number of hydrogen-bond donors (Lipinski definition) is 3. The minimum atomic E-state index is -3.87. The molecule has 60 heavy (non-hydrogen) atoms. The number of aromatic nitrogens is 1. The van der Waals surface area contributed by atoms with Crippen molar-refractivity contribution >= 4 is 44.7 Å². The lowest BCUT2D eigenvalue weighted by atomic mass is 9.82. The number of rotatable bonds is 9. The summed E-state index contributed by atoms with van der Waals surface area (Å²) >= 11 is 0. The molecule has 1 aromatic heterocycles. The van der Waals surface area contributed by atoms with Crippen molar-refractivity contribution in [1.29, 1.82) is 0 Å². The second-order valence-electron chi connectivity index (χ2n) is 18.4. The molecule has 5 aliphatic rings. The first kappa shape index (κ1) is 42.0. The number of carbonyl (C=O) groups excluding carboxylic acids is 3. The first-order valence-corrected chi connectivity index (χ1v) is 23.3. The number of allylic oxidation sites excluding steroid dienone is 1. The second kappa shape index (κ2) is 17.0. The summed E-state index contributed by atoms with van der Waals surface area (Å²) in [5, 5.41) is 6.79. The number of carbonyl (C=O) groups is 3. The fourth-order valence-corrected chi connectivity index (χ4v) is 10.9. The van der Waals surface area contributed by atoms with Gasteiger partial charge < -0.3 is 25.0 Å². The third-order valence-corrected chi connectivity index (χ3v) is 15.2. The molecule has 3 N–H and O–H groups in total. The molecule has 2 aromatic carbocycles. The SMILES string of the molecule is C=C[C@@H]1C[C@]1(NC(=O)[C@@H]1C[C@@H]2CN1C(=O)[C@H](C1CCCCC1)NCCCC(C)(C)C/C=C\c1cc3c(cc(-c4ccccc4)nc3cc1OC)O2)C(=O)NS(=O)(=O)C1CC1. The highest BCUT2D eigenvalue weighted by atomic mass is 32.2. The van der Waals surface area contributed by atoms with E-state index in [0.29, 0.717) is 42.1 Å². The summed E-state index contributed by atoms with van der Waals surface area (Å²) in [4.78, 5) is 50.2. The number of pyridine rings is 1. The van der Waals surface area contributed by atoms with E-state index in [1.807, 2.05) is 48.5 Å². The Morgan fingerprint density at radius 2 is 1.82 bits per heavy atom. The summed E-state index contributed by atoms with van der Waals surface area (Å²) < 4.78 is 40.9. The van der Waals surface area contributed by atoms with E-state index in [9.17, 15) is 18.0 Å². The molecule has 2 aliphatic heterocycles. The number of ether oxygens (including phenoxy) is 2. The van der Waals surface area contributed by atoms with Crippen LogP contribution in [0.4, 0.5) is 0 Å². The van der Waals surface area contributed by atoms with Gasteiger partial charge in [0.1, 0.15) is 29.2 Å². The Morgan fingerprint density at radius 1 is 1.05 bits per heavy atom. The van der Waals surface area contributed by atoms with Crippen LogP contribution < -0.4 is 24.8 Å². The highest BCUT2D eigenvalue weighted by Crippen LogP contribution is 2.46. The average Bonchev–Trinajstić information content (AvgIpc) is 4.17. The van der Waals surface area contributed by atoms with E-state index in [-0.39, 0.29) is 36.6 Å². The van der Waals surface area contributed by atoms with Crippen LogP contribution in [-0.2, 0) is 24.4 Å². The third kappa shape index (κ3) is 8.84. The maximum Gasteiger partial charge on any atom is 0.259 e. The Kier molecular flexibility index (Phi) is 11.9. The maximum absolute atomic E-state index is 15.1. The van der Waals surface area contributed by atoms with Gasteiger partial charge in [-0.15, -0.1) is 6.58 Å². The number of nitrogens with zero attached hydrogens (tertiary/aromatic N) is 2. The van der Waals surface area contributed by atoms with Crippen molar-refractivity contribution in [3.8, 4) is 22.8 Å². The van der Waals surface area contributed by atoms with Crippen molar-refractivity contribution in [2.45, 2.75) is 120 Å². The van der Waals surface area contributed by atoms with Crippen molar-refractivity contribution in [1.82, 2.24) is 25.2 Å². The molecular weight excluding hydrogens is 779 g/mol. The predicted molar refractivity (Wildman–Crippen MR) is 233 cm³/mol. The van der Waals surface area contributed by atoms with E-state index in [2.05, 4.69) is 47.9 Å². The molecule has 3 aliphatic carbocycles. The van der Waals surface area contributed by atoms with Crippen molar-refractivity contribution in [2.24, 2.45) is 17.3 Å². The van der Waals surface area contributed by atoms with Gasteiger partial charge in [0, 0.05) is 41.0 Å². The highest BCUT2D eigenvalue weighted by molar-refractivity contribution is 7.91. The Morgan fingerprint density at radius 3 is 2.52 bits per heavy atom. The smallest absolute Gasteiger partial charge is 0.259 e. The number of amides is 3. The van der Waals surface area contributed by atoms with Crippen molar-refractivity contribution in [3.05, 3.63) is 72.8 Å². The normalized spacial score (nSPS) is 27.9. The van der Waals surface area contributed by atoms with Gasteiger partial charge in [-0.1, -0.05) is 81.7 Å². The quantitative estimate of drug-likeness (QED) is 0.200. The molecular formula is C47H59N5O7S. The molecule has 320 valence electrons. The van der Waals surface area contributed by atoms with E-state index >= 15 is 4.79 Å². The van der Waals surface area contributed by atoms with Gasteiger partial charge in [-0.2, -0.15) is 0 Å². The molecule has 5 atom stereocenters. The van der Waals surface area contributed by atoms with Crippen LogP contribution in [0.2, 0.25) is 0 Å². The first-order chi connectivity index (χ1) is 28.8. The van der Waals surface area contributed by atoms with E-state index < -0.39 is 56.7 Å². The minimum Gasteiger partial charge on any atom is -0.496 e. The van der Waals surface area contributed by atoms with Gasteiger partial charge in [-0.3, -0.25) is 19.1 Å². The Balaban J connectivity index is 1.18. The Bertz CT molecular complexity index is 2270. The molecule has 1 saturated heterocycles. The second-order valence-corrected chi connectivity index (χ2v) is 20.3. The Hall–Kier alpha value is -4.75. The predicted octanol–water partition coefficient (Wildman–Crippen LogP) is 6.69. The molecule has 0 spiro atoms. The van der Waals surface area contributed by atoms with Crippen LogP contribution in [0.15, 0.2) is 67.3 Å². The number of sulfonamides is 1. The van der Waals surface area contributed by atoms with Crippen molar-refractivity contribution < 1.29 is 32.3 Å². The molecule has 4 bridgehead atoms. The summed E-state index contributed by atoms with van der Waals surface area (Å²) in [6.45, 7) is 9.18. The molecule has 13 heteroatoms. The molecule has 0 unspecified atom stereocenters. The zero-order valence-corrected chi connectivity index (χ0v) is 35.9. The van der Waals surface area contributed by atoms with E-state index in [0.717, 1.165) is 67.9 Å². The van der Waals surface area contributed by atoms with E-state index in [4.69, 9.17) is 14.5 Å². The number of benzene rings is 2. The standard InChI is InChI=1S/C47H59N5O7S/c1-5-33-28-47(33,45(55)51-60(56,57)35-19-20-35)50-43(53)39-25-34-29-52(39)44(54)42(31-16-10-7-11-17-31)48-23-13-22-46(2,3)21-12-18-32-24-36-38(27-40(32)58-4)49-37(26-41(36)59-34)30-14-8-6-9-15-30/h5-6,8-9,12,14-15,18,24,26-27,31,33-35,39,42,48H,1,7,10-11,13,16-17,19-23,25,28-29H2,2-4H3,(H,50,53)(H,51,55)/b18-12-/t33-,34-,39+,42+,47-/m1/s1. The van der Waals surface area contributed by atoms with Gasteiger partial charge in [0.2, 0.25) is 21.8 Å². The minimum absolute atomic E-state index is 0.00381. The highest BCUT2D eigenvalue weighted by Gasteiger charge is 2.62. The number of hydrogen-bond acceptors (Lipinski definition) is 9. The zero-order chi connectivity index (χ0) is 42.2. The summed E-state index contributed by atoms with van der Waals surface area (Å²) in [5.41, 5.74) is 1.67. The summed E-state index contributed by atoms with van der Waals surface area (Å²) in [7, 11) is -2.22. The molecule has 3 amide bonds. The number of fused-ring (bicyclic) bond motifs is 3. The van der Waals surface area contributed by atoms with E-state index in [1.54, 1.807) is 18.1 Å². The Labute approximate surface area is 354 Å². The first-order valence-electron chi connectivity index (χ1n) is 21.8. The van der Waals surface area contributed by atoms with Gasteiger partial charge in [-0.25, -0.2) is 13.4 Å². The van der Waals surface area contributed by atoms with Gasteiger partial charge >= 0.3 is 0 Å². The molecule has 3 heterocycles. The zero-order valence-electron chi connectivity index (χ0n) is 35.1. The van der Waals surface area contributed by atoms with E-state index in [1.165, 1.54) is 0 Å². The van der Waals surface area contributed by atoms with Crippen LogP contribution in [0.3, 0.4) is 0 Å². The molecule has 3 saturated carbocycles. The average molecular weight is 838 g/mol. The molecule has 8 rings (SSSR count). The van der Waals surface area contributed by atoms with Gasteiger partial charge in [-0.05, 0) is 75.3 Å². The van der Waals surface area contributed by atoms with Crippen LogP contribution >= 0.6 is 0 Å². The summed E-state index contributed by atoms with van der Waals surface area (Å²) in [6, 6.07) is 14.2. The molecule has 4 fully saturated rings. The van der Waals surface area contributed by atoms with Gasteiger partial charge in [0.05, 0.1) is 36.2 Å². The number of methoxy groups -OCH3 is 1. The van der Waals surface area contributed by atoms with Crippen molar-refractivity contribution in [3.63, 3.8) is 0 Å². The van der Waals surface area contributed by atoms with Crippen LogP contribution in [0.25, 0.3) is 28.2 Å². The van der Waals surface area contributed by atoms with Gasteiger partial charge in [0.15, 0.2) is 0 Å². The molecule has 12 nitrogen and oxygen atoms in total.